The first-order valence-electron chi connectivity index (χ1n) is 4.14. The fourth-order valence-electron chi connectivity index (χ4n) is 1.56. The second-order valence-corrected chi connectivity index (χ2v) is 4.49. The molecular weight excluding hydrogens is 198 g/mol. The highest BCUT2D eigenvalue weighted by atomic mass is 32.2. The van der Waals surface area contributed by atoms with Crippen LogP contribution in [0.5, 0.6) is 0 Å². The van der Waals surface area contributed by atoms with Crippen LogP contribution >= 0.6 is 11.8 Å². The van der Waals surface area contributed by atoms with E-state index in [0.29, 0.717) is 12.8 Å². The summed E-state index contributed by atoms with van der Waals surface area (Å²) in [6, 6.07) is 0. The van der Waals surface area contributed by atoms with Gasteiger partial charge >= 0.3 is 5.97 Å². The third-order valence-corrected chi connectivity index (χ3v) is 3.68. The highest BCUT2D eigenvalue weighted by Gasteiger charge is 2.43. The molecule has 0 aromatic heterocycles. The molecule has 2 nitrogen and oxygen atoms in total. The number of thioether (sulfide) groups is 1. The Morgan fingerprint density at radius 3 is 2.69 bits per heavy atom. The lowest BCUT2D eigenvalue weighted by Crippen LogP contribution is -2.37. The second kappa shape index (κ2) is 4.26. The van der Waals surface area contributed by atoms with E-state index in [2.05, 4.69) is 0 Å². The minimum atomic E-state index is -2.52. The van der Waals surface area contributed by atoms with Gasteiger partial charge in [0.05, 0.1) is 11.8 Å². The molecule has 0 aliphatic carbocycles. The maximum absolute atomic E-state index is 12.7. The van der Waals surface area contributed by atoms with Crippen molar-refractivity contribution in [1.82, 2.24) is 0 Å². The summed E-state index contributed by atoms with van der Waals surface area (Å²) >= 11 is 1.43. The average molecular weight is 210 g/mol. The van der Waals surface area contributed by atoms with E-state index < -0.39 is 24.2 Å². The van der Waals surface area contributed by atoms with Crippen LogP contribution < -0.4 is 0 Å². The van der Waals surface area contributed by atoms with E-state index in [1.807, 2.05) is 0 Å². The van der Waals surface area contributed by atoms with Gasteiger partial charge in [-0.1, -0.05) is 0 Å². The summed E-state index contributed by atoms with van der Waals surface area (Å²) in [5.41, 5.74) is -1.27. The number of hydrogen-bond donors (Lipinski definition) is 1. The summed E-state index contributed by atoms with van der Waals surface area (Å²) in [4.78, 5) is 10.4. The number of aliphatic carboxylic acids is 1. The van der Waals surface area contributed by atoms with Crippen LogP contribution in [0.4, 0.5) is 8.78 Å². The standard InChI is InChI=1S/C8H12F2O2S/c9-7(10)8(4-6(11)12)2-1-3-13-5-8/h7H,1-5H2,(H,11,12). The molecule has 1 atom stereocenters. The molecule has 1 aliphatic rings. The van der Waals surface area contributed by atoms with Crippen molar-refractivity contribution >= 4 is 17.7 Å². The minimum absolute atomic E-state index is 0.275. The number of carboxylic acid groups (broad SMARTS) is 1. The van der Waals surface area contributed by atoms with Crippen molar-refractivity contribution in [3.8, 4) is 0 Å². The zero-order chi connectivity index (χ0) is 9.90. The maximum atomic E-state index is 12.7. The molecular formula is C8H12F2O2S. The van der Waals surface area contributed by atoms with Gasteiger partial charge in [-0.15, -0.1) is 0 Å². The van der Waals surface area contributed by atoms with Crippen molar-refractivity contribution in [2.24, 2.45) is 5.41 Å². The molecule has 1 aliphatic heterocycles. The van der Waals surface area contributed by atoms with Crippen molar-refractivity contribution in [2.75, 3.05) is 11.5 Å². The fourth-order valence-corrected chi connectivity index (χ4v) is 2.84. The maximum Gasteiger partial charge on any atom is 0.304 e. The van der Waals surface area contributed by atoms with Crippen molar-refractivity contribution in [3.05, 3.63) is 0 Å². The third kappa shape index (κ3) is 2.56. The van der Waals surface area contributed by atoms with Crippen LogP contribution in [-0.2, 0) is 4.79 Å². The molecule has 0 aromatic rings. The SMILES string of the molecule is O=C(O)CC1(C(F)F)CCCSC1. The van der Waals surface area contributed by atoms with E-state index >= 15 is 0 Å². The van der Waals surface area contributed by atoms with Gasteiger partial charge in [-0.3, -0.25) is 4.79 Å². The smallest absolute Gasteiger partial charge is 0.304 e. The number of rotatable bonds is 3. The van der Waals surface area contributed by atoms with Gasteiger partial charge < -0.3 is 5.11 Å². The number of carboxylic acids is 1. The Labute approximate surface area is 79.7 Å². The normalized spacial score (nSPS) is 29.2. The van der Waals surface area contributed by atoms with E-state index in [1.54, 1.807) is 0 Å². The lowest BCUT2D eigenvalue weighted by atomic mass is 9.82. The molecule has 13 heavy (non-hydrogen) atoms. The van der Waals surface area contributed by atoms with Crippen molar-refractivity contribution in [2.45, 2.75) is 25.7 Å². The van der Waals surface area contributed by atoms with E-state index in [0.717, 1.165) is 5.75 Å². The van der Waals surface area contributed by atoms with Crippen LogP contribution in [0.15, 0.2) is 0 Å². The molecule has 0 radical (unpaired) electrons. The minimum Gasteiger partial charge on any atom is -0.481 e. The largest absolute Gasteiger partial charge is 0.481 e. The molecule has 0 bridgehead atoms. The highest BCUT2D eigenvalue weighted by molar-refractivity contribution is 7.99. The molecule has 1 fully saturated rings. The molecule has 0 aromatic carbocycles. The number of carbonyl (C=O) groups is 1. The number of hydrogen-bond acceptors (Lipinski definition) is 2. The molecule has 76 valence electrons. The van der Waals surface area contributed by atoms with Gasteiger partial charge in [-0.05, 0) is 18.6 Å². The van der Waals surface area contributed by atoms with E-state index in [1.165, 1.54) is 11.8 Å². The van der Waals surface area contributed by atoms with Crippen LogP contribution in [-0.4, -0.2) is 29.0 Å². The molecule has 0 saturated carbocycles. The molecule has 5 heteroatoms. The van der Waals surface area contributed by atoms with Gasteiger partial charge in [-0.25, -0.2) is 8.78 Å². The summed E-state index contributed by atoms with van der Waals surface area (Å²) < 4.78 is 25.3. The number of halogens is 2. The van der Waals surface area contributed by atoms with Gasteiger partial charge in [0.1, 0.15) is 0 Å². The molecule has 1 heterocycles. The molecule has 1 rings (SSSR count). The zero-order valence-electron chi connectivity index (χ0n) is 7.13. The van der Waals surface area contributed by atoms with E-state index in [-0.39, 0.29) is 5.75 Å². The third-order valence-electron chi connectivity index (χ3n) is 2.32. The van der Waals surface area contributed by atoms with Gasteiger partial charge in [0.25, 0.3) is 0 Å². The Balaban J connectivity index is 2.67. The van der Waals surface area contributed by atoms with E-state index in [4.69, 9.17) is 5.11 Å². The van der Waals surface area contributed by atoms with E-state index in [9.17, 15) is 13.6 Å². The molecule has 0 amide bonds. The van der Waals surface area contributed by atoms with Crippen molar-refractivity contribution in [3.63, 3.8) is 0 Å². The summed E-state index contributed by atoms with van der Waals surface area (Å²) in [6.07, 6.45) is -1.89. The van der Waals surface area contributed by atoms with Gasteiger partial charge in [0, 0.05) is 5.75 Å². The van der Waals surface area contributed by atoms with Gasteiger partial charge in [0.15, 0.2) is 0 Å². The molecule has 1 saturated heterocycles. The van der Waals surface area contributed by atoms with Gasteiger partial charge in [0.2, 0.25) is 6.43 Å². The monoisotopic (exact) mass is 210 g/mol. The Morgan fingerprint density at radius 2 is 2.31 bits per heavy atom. The van der Waals surface area contributed by atoms with Crippen LogP contribution in [0, 0.1) is 5.41 Å². The Hall–Kier alpha value is -0.320. The first-order chi connectivity index (χ1) is 6.07. The Kier molecular flexibility index (Phi) is 3.53. The predicted octanol–water partition coefficient (Wildman–Crippen LogP) is 2.24. The Bertz CT molecular complexity index is 191. The quantitative estimate of drug-likeness (QED) is 0.776. The van der Waals surface area contributed by atoms with Crippen LogP contribution in [0.2, 0.25) is 0 Å². The van der Waals surface area contributed by atoms with Gasteiger partial charge in [-0.2, -0.15) is 11.8 Å². The van der Waals surface area contributed by atoms with Crippen LogP contribution in [0.1, 0.15) is 19.3 Å². The first kappa shape index (κ1) is 10.8. The van der Waals surface area contributed by atoms with Crippen LogP contribution in [0.3, 0.4) is 0 Å². The highest BCUT2D eigenvalue weighted by Crippen LogP contribution is 2.42. The summed E-state index contributed by atoms with van der Waals surface area (Å²) in [7, 11) is 0. The van der Waals surface area contributed by atoms with Crippen molar-refractivity contribution < 1.29 is 18.7 Å². The number of alkyl halides is 2. The molecule has 0 spiro atoms. The Morgan fingerprint density at radius 1 is 1.62 bits per heavy atom. The summed E-state index contributed by atoms with van der Waals surface area (Å²) in [6.45, 7) is 0. The second-order valence-electron chi connectivity index (χ2n) is 3.39. The topological polar surface area (TPSA) is 37.3 Å². The lowest BCUT2D eigenvalue weighted by Gasteiger charge is -2.34. The predicted molar refractivity (Wildman–Crippen MR) is 47.2 cm³/mol. The fraction of sp³-hybridized carbons (Fsp3) is 0.875. The molecule has 1 N–H and O–H groups in total. The first-order valence-corrected chi connectivity index (χ1v) is 5.30. The van der Waals surface area contributed by atoms with Crippen molar-refractivity contribution in [1.29, 1.82) is 0 Å². The summed E-state index contributed by atoms with van der Waals surface area (Å²) in [5, 5.41) is 8.54. The lowest BCUT2D eigenvalue weighted by molar-refractivity contribution is -0.143. The summed E-state index contributed by atoms with van der Waals surface area (Å²) in [5.74, 6) is 0.0215. The average Bonchev–Trinajstić information content (AvgIpc) is 2.04. The molecule has 1 unspecified atom stereocenters. The zero-order valence-corrected chi connectivity index (χ0v) is 7.95. The van der Waals surface area contributed by atoms with Crippen LogP contribution in [0.25, 0.3) is 0 Å².